The molecule has 3 aromatic carbocycles. The molecule has 2 heterocycles. The number of benzene rings is 3. The van der Waals surface area contributed by atoms with Gasteiger partial charge in [-0.2, -0.15) is 15.0 Å². The largest absolute Gasteiger partial charge is 0.480 e. The maximum absolute atomic E-state index is 12.1. The van der Waals surface area contributed by atoms with Crippen molar-refractivity contribution in [2.24, 2.45) is 0 Å². The number of H-pyrrole nitrogens is 1. The Labute approximate surface area is 203 Å². The molecule has 0 aliphatic heterocycles. The van der Waals surface area contributed by atoms with Crippen molar-refractivity contribution >= 4 is 16.9 Å². The van der Waals surface area contributed by atoms with Gasteiger partial charge in [-0.25, -0.2) is 0 Å². The van der Waals surface area contributed by atoms with E-state index >= 15 is 0 Å². The van der Waals surface area contributed by atoms with Gasteiger partial charge in [0.2, 0.25) is 0 Å². The van der Waals surface area contributed by atoms with Crippen molar-refractivity contribution in [1.82, 2.24) is 25.3 Å². The fourth-order valence-corrected chi connectivity index (χ4v) is 4.35. The molecule has 1 atom stereocenters. The lowest BCUT2D eigenvalue weighted by atomic mass is 10.0. The molecule has 0 spiro atoms. The minimum atomic E-state index is -0.899. The van der Waals surface area contributed by atoms with Gasteiger partial charge in [0.1, 0.15) is 17.4 Å². The fraction of sp³-hybridized carbons (Fsp3) is 0.179. The predicted molar refractivity (Wildman–Crippen MR) is 136 cm³/mol. The third-order valence-electron chi connectivity index (χ3n) is 6.09. The molecule has 0 aliphatic rings. The first-order valence-corrected chi connectivity index (χ1v) is 11.6. The molecule has 0 amide bonds. The molecule has 0 saturated heterocycles. The van der Waals surface area contributed by atoms with E-state index in [0.717, 1.165) is 33.3 Å². The zero-order valence-corrected chi connectivity index (χ0v) is 19.5. The molecule has 0 radical (unpaired) electrons. The Bertz CT molecular complexity index is 1450. The van der Waals surface area contributed by atoms with Gasteiger partial charge in [0.25, 0.3) is 0 Å². The number of aromatic nitrogens is 4. The Morgan fingerprint density at radius 3 is 2.63 bits per heavy atom. The number of carbonyl (C=O) groups is 1. The molecule has 5 rings (SSSR count). The van der Waals surface area contributed by atoms with Crippen molar-refractivity contribution in [2.45, 2.75) is 32.5 Å². The Morgan fingerprint density at radius 2 is 1.83 bits per heavy atom. The number of hydrogen-bond donors (Lipinski definition) is 3. The highest BCUT2D eigenvalue weighted by Crippen LogP contribution is 2.22. The Kier molecular flexibility index (Phi) is 6.41. The van der Waals surface area contributed by atoms with E-state index in [-0.39, 0.29) is 6.54 Å². The number of aryl methyl sites for hydroxylation is 1. The lowest BCUT2D eigenvalue weighted by Crippen LogP contribution is -2.38. The monoisotopic (exact) mass is 465 g/mol. The standard InChI is InChI=1S/C28H27N5O2/c1-19-8-7-9-20(14-19)18-33-31-26(27(32-33)21-10-3-2-4-11-21)17-30-25(28(34)35)15-22-16-29-24-13-6-5-12-23(22)24/h2-14,16,25,29-30H,15,17-18H2,1H3,(H,34,35)/t25-/m1/s1. The first kappa shape index (κ1) is 22.6. The number of nitrogens with zero attached hydrogens (tertiary/aromatic N) is 3. The van der Waals surface area contributed by atoms with Crippen molar-refractivity contribution in [3.63, 3.8) is 0 Å². The van der Waals surface area contributed by atoms with Crippen LogP contribution in [0.5, 0.6) is 0 Å². The van der Waals surface area contributed by atoms with Crippen LogP contribution in [0.25, 0.3) is 22.2 Å². The summed E-state index contributed by atoms with van der Waals surface area (Å²) >= 11 is 0. The lowest BCUT2D eigenvalue weighted by Gasteiger charge is -2.13. The van der Waals surface area contributed by atoms with Crippen molar-refractivity contribution in [3.8, 4) is 11.3 Å². The molecule has 7 heteroatoms. The van der Waals surface area contributed by atoms with E-state index in [1.807, 2.05) is 66.9 Å². The molecule has 0 bridgehead atoms. The molecule has 176 valence electrons. The van der Waals surface area contributed by atoms with Crippen molar-refractivity contribution in [1.29, 1.82) is 0 Å². The van der Waals surface area contributed by atoms with Gasteiger partial charge in [0.15, 0.2) is 0 Å². The first-order chi connectivity index (χ1) is 17.1. The summed E-state index contributed by atoms with van der Waals surface area (Å²) in [6.07, 6.45) is 2.24. The van der Waals surface area contributed by atoms with E-state index in [9.17, 15) is 9.90 Å². The molecule has 2 aromatic heterocycles. The van der Waals surface area contributed by atoms with Crippen molar-refractivity contribution in [3.05, 3.63) is 107 Å². The number of hydrogen-bond acceptors (Lipinski definition) is 4. The first-order valence-electron chi connectivity index (χ1n) is 11.6. The Morgan fingerprint density at radius 1 is 1.03 bits per heavy atom. The molecule has 0 aliphatic carbocycles. The summed E-state index contributed by atoms with van der Waals surface area (Å²) in [4.78, 5) is 17.0. The van der Waals surface area contributed by atoms with Crippen LogP contribution in [-0.2, 0) is 24.3 Å². The average Bonchev–Trinajstić information content (AvgIpc) is 3.46. The summed E-state index contributed by atoms with van der Waals surface area (Å²) in [6, 6.07) is 25.3. The number of carboxylic acid groups (broad SMARTS) is 1. The van der Waals surface area contributed by atoms with Crippen LogP contribution in [0.2, 0.25) is 0 Å². The minimum Gasteiger partial charge on any atom is -0.480 e. The Balaban J connectivity index is 1.39. The number of aromatic amines is 1. The maximum atomic E-state index is 12.1. The predicted octanol–water partition coefficient (Wildman–Crippen LogP) is 4.57. The van der Waals surface area contributed by atoms with Gasteiger partial charge in [-0.15, -0.1) is 0 Å². The summed E-state index contributed by atoms with van der Waals surface area (Å²) in [5, 5.41) is 23.7. The maximum Gasteiger partial charge on any atom is 0.321 e. The molecule has 0 fully saturated rings. The molecule has 0 saturated carbocycles. The highest BCUT2D eigenvalue weighted by Gasteiger charge is 2.21. The third kappa shape index (κ3) is 5.15. The number of fused-ring (bicyclic) bond motifs is 1. The molecule has 35 heavy (non-hydrogen) atoms. The van der Waals surface area contributed by atoms with Crippen LogP contribution >= 0.6 is 0 Å². The van der Waals surface area contributed by atoms with E-state index in [1.165, 1.54) is 5.56 Å². The highest BCUT2D eigenvalue weighted by molar-refractivity contribution is 5.84. The van der Waals surface area contributed by atoms with E-state index < -0.39 is 12.0 Å². The third-order valence-corrected chi connectivity index (χ3v) is 6.09. The van der Waals surface area contributed by atoms with Gasteiger partial charge in [-0.05, 0) is 24.1 Å². The van der Waals surface area contributed by atoms with E-state index in [1.54, 1.807) is 4.80 Å². The molecule has 5 aromatic rings. The molecular formula is C28H27N5O2. The fourth-order valence-electron chi connectivity index (χ4n) is 4.35. The average molecular weight is 466 g/mol. The van der Waals surface area contributed by atoms with Crippen molar-refractivity contribution < 1.29 is 9.90 Å². The minimum absolute atomic E-state index is 0.289. The smallest absolute Gasteiger partial charge is 0.321 e. The zero-order valence-electron chi connectivity index (χ0n) is 19.5. The highest BCUT2D eigenvalue weighted by atomic mass is 16.4. The summed E-state index contributed by atoms with van der Waals surface area (Å²) in [5.74, 6) is -0.899. The van der Waals surface area contributed by atoms with Crippen LogP contribution in [-0.4, -0.2) is 37.1 Å². The van der Waals surface area contributed by atoms with E-state index in [0.29, 0.717) is 18.7 Å². The number of nitrogens with one attached hydrogen (secondary N) is 2. The summed E-state index contributed by atoms with van der Waals surface area (Å²) in [7, 11) is 0. The van der Waals surface area contributed by atoms with Gasteiger partial charge in [0, 0.05) is 35.6 Å². The zero-order chi connectivity index (χ0) is 24.2. The molecular weight excluding hydrogens is 438 g/mol. The molecule has 3 N–H and O–H groups in total. The molecule has 0 unspecified atom stereocenters. The number of carboxylic acids is 1. The summed E-state index contributed by atoms with van der Waals surface area (Å²) in [6.45, 7) is 2.89. The van der Waals surface area contributed by atoms with Gasteiger partial charge in [-0.3, -0.25) is 10.1 Å². The van der Waals surface area contributed by atoms with Crippen molar-refractivity contribution in [2.75, 3.05) is 0 Å². The van der Waals surface area contributed by atoms with Crippen LogP contribution < -0.4 is 5.32 Å². The van der Waals surface area contributed by atoms with Crippen LogP contribution in [0.15, 0.2) is 85.1 Å². The second-order valence-corrected chi connectivity index (χ2v) is 8.72. The Hall–Kier alpha value is -4.23. The second kappa shape index (κ2) is 9.95. The number of aliphatic carboxylic acids is 1. The van der Waals surface area contributed by atoms with E-state index in [2.05, 4.69) is 35.4 Å². The number of para-hydroxylation sites is 1. The van der Waals surface area contributed by atoms with Crippen LogP contribution in [0, 0.1) is 6.92 Å². The SMILES string of the molecule is Cc1cccc(Cn2nc(CN[C@H](Cc3c[nH]c4ccccc34)C(=O)O)c(-c3ccccc3)n2)c1. The van der Waals surface area contributed by atoms with Crippen LogP contribution in [0.3, 0.4) is 0 Å². The van der Waals surface area contributed by atoms with Crippen LogP contribution in [0.1, 0.15) is 22.4 Å². The van der Waals surface area contributed by atoms with Gasteiger partial charge < -0.3 is 10.1 Å². The number of rotatable bonds is 9. The van der Waals surface area contributed by atoms with Gasteiger partial charge >= 0.3 is 5.97 Å². The van der Waals surface area contributed by atoms with Gasteiger partial charge in [0.05, 0.1) is 6.54 Å². The van der Waals surface area contributed by atoms with Crippen LogP contribution in [0.4, 0.5) is 0 Å². The summed E-state index contributed by atoms with van der Waals surface area (Å²) < 4.78 is 0. The summed E-state index contributed by atoms with van der Waals surface area (Å²) in [5.41, 5.74) is 6.67. The van der Waals surface area contributed by atoms with Gasteiger partial charge in [-0.1, -0.05) is 78.4 Å². The second-order valence-electron chi connectivity index (χ2n) is 8.72. The lowest BCUT2D eigenvalue weighted by molar-refractivity contribution is -0.139. The molecule has 7 nitrogen and oxygen atoms in total. The normalized spacial score (nSPS) is 12.1. The quantitative estimate of drug-likeness (QED) is 0.296. The topological polar surface area (TPSA) is 95.8 Å². The van der Waals surface area contributed by atoms with E-state index in [4.69, 9.17) is 10.2 Å².